The lowest BCUT2D eigenvalue weighted by molar-refractivity contribution is -0.137. The summed E-state index contributed by atoms with van der Waals surface area (Å²) in [6.07, 6.45) is 6.54. The molecular formula is C24H22F3N3O. The van der Waals surface area contributed by atoms with Crippen LogP contribution in [0, 0.1) is 0 Å². The minimum absolute atomic E-state index is 0.201. The number of halogens is 3. The number of nitrogens with one attached hydrogen (secondary N) is 1. The van der Waals surface area contributed by atoms with E-state index >= 15 is 0 Å². The summed E-state index contributed by atoms with van der Waals surface area (Å²) in [5.74, 6) is 1.81. The van der Waals surface area contributed by atoms with Crippen LogP contribution >= 0.6 is 0 Å². The van der Waals surface area contributed by atoms with Crippen LogP contribution in [0.25, 0.3) is 0 Å². The Bertz CT molecular complexity index is 1040. The van der Waals surface area contributed by atoms with Crippen molar-refractivity contribution in [3.63, 3.8) is 0 Å². The summed E-state index contributed by atoms with van der Waals surface area (Å²) in [4.78, 5) is 6.57. The first-order valence-corrected chi connectivity index (χ1v) is 9.93. The van der Waals surface area contributed by atoms with E-state index in [0.717, 1.165) is 42.1 Å². The molecule has 4 nitrogen and oxygen atoms in total. The number of rotatable bonds is 6. The number of nitrogens with zero attached hydrogens (tertiary/aromatic N) is 2. The number of ether oxygens (including phenoxy) is 1. The summed E-state index contributed by atoms with van der Waals surface area (Å²) >= 11 is 0. The van der Waals surface area contributed by atoms with E-state index in [1.807, 2.05) is 49.8 Å². The Morgan fingerprint density at radius 1 is 1.00 bits per heavy atom. The van der Waals surface area contributed by atoms with Gasteiger partial charge in [-0.05, 0) is 48.4 Å². The number of fused-ring (bicyclic) bond motifs is 1. The molecule has 1 aliphatic heterocycles. The Morgan fingerprint density at radius 3 is 2.35 bits per heavy atom. The van der Waals surface area contributed by atoms with Crippen LogP contribution in [0.2, 0.25) is 0 Å². The van der Waals surface area contributed by atoms with Gasteiger partial charge in [-0.25, -0.2) is 4.99 Å². The lowest BCUT2D eigenvalue weighted by Gasteiger charge is -2.31. The number of aliphatic imine (C=N–C) groups is 1. The number of hydrogen-bond acceptors (Lipinski definition) is 4. The van der Waals surface area contributed by atoms with Crippen molar-refractivity contribution in [3.05, 3.63) is 95.4 Å². The first-order chi connectivity index (χ1) is 14.9. The fraction of sp³-hybridized carbons (Fsp3) is 0.208. The van der Waals surface area contributed by atoms with Gasteiger partial charge < -0.3 is 15.0 Å². The molecule has 0 spiro atoms. The maximum Gasteiger partial charge on any atom is 0.416 e. The smallest absolute Gasteiger partial charge is 0.416 e. The Balaban J connectivity index is 1.32. The summed E-state index contributed by atoms with van der Waals surface area (Å²) in [5.41, 5.74) is 1.57. The van der Waals surface area contributed by atoms with Gasteiger partial charge in [0.25, 0.3) is 0 Å². The minimum atomic E-state index is -4.35. The van der Waals surface area contributed by atoms with E-state index < -0.39 is 11.7 Å². The van der Waals surface area contributed by atoms with Crippen LogP contribution in [0.5, 0.6) is 11.5 Å². The second-order valence-corrected chi connectivity index (χ2v) is 7.35. The SMILES string of the molecule is CN1C=NC(NCCc2ccc(Oc3ccc(C(F)(F)F)cc3)cc2)=C2C=CC=CC21. The molecule has 1 atom stereocenters. The van der Waals surface area contributed by atoms with E-state index in [0.29, 0.717) is 11.5 Å². The molecule has 0 bridgehead atoms. The van der Waals surface area contributed by atoms with Crippen LogP contribution < -0.4 is 10.1 Å². The van der Waals surface area contributed by atoms with E-state index in [2.05, 4.69) is 27.4 Å². The number of allylic oxidation sites excluding steroid dienone is 2. The van der Waals surface area contributed by atoms with E-state index in [1.165, 1.54) is 12.1 Å². The molecule has 7 heteroatoms. The first kappa shape index (κ1) is 20.8. The van der Waals surface area contributed by atoms with Crippen LogP contribution in [0.4, 0.5) is 13.2 Å². The van der Waals surface area contributed by atoms with Crippen molar-refractivity contribution in [2.24, 2.45) is 4.99 Å². The molecule has 0 saturated heterocycles. The van der Waals surface area contributed by atoms with Crippen molar-refractivity contribution in [1.82, 2.24) is 10.2 Å². The Kier molecular flexibility index (Phi) is 5.84. The maximum atomic E-state index is 12.6. The number of benzene rings is 2. The molecule has 0 saturated carbocycles. The highest BCUT2D eigenvalue weighted by atomic mass is 19.4. The molecule has 1 unspecified atom stereocenters. The Hall–Kier alpha value is -3.48. The van der Waals surface area contributed by atoms with E-state index in [4.69, 9.17) is 4.74 Å². The largest absolute Gasteiger partial charge is 0.457 e. The standard InChI is InChI=1S/C24H22F3N3O/c1-30-16-29-23(21-4-2-3-5-22(21)30)28-15-14-17-6-10-19(11-7-17)31-20-12-8-18(9-13-20)24(25,26)27/h2-13,16,22,28H,14-15H2,1H3. The summed E-state index contributed by atoms with van der Waals surface area (Å²) in [7, 11) is 2.00. The van der Waals surface area contributed by atoms with Gasteiger partial charge in [0.15, 0.2) is 0 Å². The molecule has 0 radical (unpaired) electrons. The fourth-order valence-corrected chi connectivity index (χ4v) is 3.45. The number of likely N-dealkylation sites (N-methyl/N-ethyl adjacent to an activating group) is 1. The summed E-state index contributed by atoms with van der Waals surface area (Å²) in [6, 6.07) is 12.4. The summed E-state index contributed by atoms with van der Waals surface area (Å²) in [6.45, 7) is 0.725. The lowest BCUT2D eigenvalue weighted by Crippen LogP contribution is -2.36. The molecule has 160 valence electrons. The predicted octanol–water partition coefficient (Wildman–Crippen LogP) is 5.31. The summed E-state index contributed by atoms with van der Waals surface area (Å²) in [5, 5.41) is 3.41. The monoisotopic (exact) mass is 425 g/mol. The highest BCUT2D eigenvalue weighted by Gasteiger charge is 2.30. The predicted molar refractivity (Wildman–Crippen MR) is 115 cm³/mol. The van der Waals surface area contributed by atoms with Crippen molar-refractivity contribution in [2.45, 2.75) is 18.6 Å². The number of hydrogen-bond donors (Lipinski definition) is 1. The van der Waals surface area contributed by atoms with Gasteiger partial charge in [0.2, 0.25) is 0 Å². The van der Waals surface area contributed by atoms with Gasteiger partial charge in [0.05, 0.1) is 17.9 Å². The van der Waals surface area contributed by atoms with Crippen LogP contribution in [0.1, 0.15) is 11.1 Å². The van der Waals surface area contributed by atoms with Gasteiger partial charge in [0.1, 0.15) is 17.3 Å². The normalized spacial score (nSPS) is 17.7. The molecular weight excluding hydrogens is 403 g/mol. The third-order valence-corrected chi connectivity index (χ3v) is 5.13. The van der Waals surface area contributed by atoms with E-state index in [-0.39, 0.29) is 6.04 Å². The zero-order chi connectivity index (χ0) is 21.8. The molecule has 1 N–H and O–H groups in total. The highest BCUT2D eigenvalue weighted by molar-refractivity contribution is 5.63. The molecule has 0 amide bonds. The Labute approximate surface area is 179 Å². The highest BCUT2D eigenvalue weighted by Crippen LogP contribution is 2.31. The molecule has 2 aliphatic rings. The third-order valence-electron chi connectivity index (χ3n) is 5.13. The van der Waals surface area contributed by atoms with Crippen LogP contribution in [0.3, 0.4) is 0 Å². The van der Waals surface area contributed by atoms with Crippen LogP contribution in [-0.4, -0.2) is 30.9 Å². The number of alkyl halides is 3. The lowest BCUT2D eigenvalue weighted by atomic mass is 10.00. The van der Waals surface area contributed by atoms with Gasteiger partial charge in [-0.3, -0.25) is 0 Å². The zero-order valence-corrected chi connectivity index (χ0v) is 16.9. The molecule has 31 heavy (non-hydrogen) atoms. The van der Waals surface area contributed by atoms with Crippen molar-refractivity contribution in [2.75, 3.05) is 13.6 Å². The second-order valence-electron chi connectivity index (χ2n) is 7.35. The quantitative estimate of drug-likeness (QED) is 0.682. The molecule has 0 aromatic heterocycles. The molecule has 1 aliphatic carbocycles. The molecule has 1 heterocycles. The van der Waals surface area contributed by atoms with Crippen LogP contribution in [0.15, 0.2) is 89.2 Å². The maximum absolute atomic E-state index is 12.6. The van der Waals surface area contributed by atoms with Gasteiger partial charge in [-0.15, -0.1) is 0 Å². The van der Waals surface area contributed by atoms with Crippen molar-refractivity contribution in [1.29, 1.82) is 0 Å². The molecule has 2 aromatic rings. The Morgan fingerprint density at radius 2 is 1.68 bits per heavy atom. The van der Waals surface area contributed by atoms with Crippen molar-refractivity contribution in [3.8, 4) is 11.5 Å². The average Bonchev–Trinajstić information content (AvgIpc) is 2.76. The molecule has 2 aromatic carbocycles. The van der Waals surface area contributed by atoms with E-state index in [9.17, 15) is 13.2 Å². The first-order valence-electron chi connectivity index (χ1n) is 9.93. The van der Waals surface area contributed by atoms with Crippen molar-refractivity contribution < 1.29 is 17.9 Å². The minimum Gasteiger partial charge on any atom is -0.457 e. The second kappa shape index (κ2) is 8.71. The van der Waals surface area contributed by atoms with Gasteiger partial charge >= 0.3 is 6.18 Å². The van der Waals surface area contributed by atoms with Gasteiger partial charge in [-0.1, -0.05) is 36.4 Å². The molecule has 0 fully saturated rings. The zero-order valence-electron chi connectivity index (χ0n) is 16.9. The van der Waals surface area contributed by atoms with Gasteiger partial charge in [0, 0.05) is 19.2 Å². The van der Waals surface area contributed by atoms with E-state index in [1.54, 1.807) is 0 Å². The van der Waals surface area contributed by atoms with Crippen molar-refractivity contribution >= 4 is 6.34 Å². The summed E-state index contributed by atoms with van der Waals surface area (Å²) < 4.78 is 43.6. The molecule has 4 rings (SSSR count). The average molecular weight is 425 g/mol. The topological polar surface area (TPSA) is 36.9 Å². The fourth-order valence-electron chi connectivity index (χ4n) is 3.45. The van der Waals surface area contributed by atoms with Crippen LogP contribution in [-0.2, 0) is 12.6 Å². The third kappa shape index (κ3) is 4.99. The van der Waals surface area contributed by atoms with Gasteiger partial charge in [-0.2, -0.15) is 13.2 Å².